The molecule has 0 saturated carbocycles. The Balaban J connectivity index is 2.16. The molecule has 0 unspecified atom stereocenters. The largest absolute Gasteiger partial charge is 0.361 e. The summed E-state index contributed by atoms with van der Waals surface area (Å²) in [6, 6.07) is 15.8. The molecule has 2 nitrogen and oxygen atoms in total. The number of nitrogens with one attached hydrogen (secondary N) is 1. The van der Waals surface area contributed by atoms with Crippen molar-refractivity contribution in [2.45, 2.75) is 12.3 Å². The summed E-state index contributed by atoms with van der Waals surface area (Å²) in [5.74, 6) is -0.0163. The van der Waals surface area contributed by atoms with Crippen LogP contribution in [-0.4, -0.2) is 11.3 Å². The summed E-state index contributed by atoms with van der Waals surface area (Å²) in [4.78, 5) is 14.3. The Morgan fingerprint density at radius 1 is 1.05 bits per heavy atom. The maximum atomic E-state index is 11.1. The van der Waals surface area contributed by atoms with Crippen molar-refractivity contribution >= 4 is 28.8 Å². The molecule has 0 fully saturated rings. The third-order valence-corrected chi connectivity index (χ3v) is 3.95. The number of carbonyl (C=O) groups is 1. The molecule has 3 rings (SSSR count). The summed E-state index contributed by atoms with van der Waals surface area (Å²) in [5.41, 5.74) is 3.18. The van der Waals surface area contributed by atoms with Gasteiger partial charge in [0.1, 0.15) is 6.29 Å². The summed E-state index contributed by atoms with van der Waals surface area (Å²) in [6.45, 7) is 0. The average Bonchev–Trinajstić information content (AvgIpc) is 2.90. The van der Waals surface area contributed by atoms with Crippen molar-refractivity contribution in [2.75, 3.05) is 0 Å². The molecule has 20 heavy (non-hydrogen) atoms. The predicted octanol–water partition coefficient (Wildman–Crippen LogP) is 4.54. The summed E-state index contributed by atoms with van der Waals surface area (Å²) in [5, 5.41) is 1.84. The molecule has 3 heteroatoms. The van der Waals surface area contributed by atoms with Crippen molar-refractivity contribution in [3.63, 3.8) is 0 Å². The van der Waals surface area contributed by atoms with Crippen LogP contribution < -0.4 is 0 Å². The number of para-hydroxylation sites is 1. The van der Waals surface area contributed by atoms with Gasteiger partial charge in [0, 0.05) is 34.5 Å². The summed E-state index contributed by atoms with van der Waals surface area (Å²) >= 11 is 6.30. The summed E-state index contributed by atoms with van der Waals surface area (Å²) in [7, 11) is 0. The minimum Gasteiger partial charge on any atom is -0.361 e. The fourth-order valence-electron chi connectivity index (χ4n) is 2.66. The number of aldehydes is 1. The number of benzene rings is 2. The topological polar surface area (TPSA) is 32.9 Å². The number of aromatic nitrogens is 1. The molecular weight excluding hydrogens is 270 g/mol. The fraction of sp³-hybridized carbons (Fsp3) is 0.118. The van der Waals surface area contributed by atoms with Crippen LogP contribution in [0.15, 0.2) is 54.7 Å². The molecule has 3 aromatic rings. The second-order valence-corrected chi connectivity index (χ2v) is 5.17. The van der Waals surface area contributed by atoms with E-state index >= 15 is 0 Å². The smallest absolute Gasteiger partial charge is 0.120 e. The van der Waals surface area contributed by atoms with Gasteiger partial charge in [-0.25, -0.2) is 0 Å². The van der Waals surface area contributed by atoms with E-state index in [0.717, 1.165) is 28.3 Å². The van der Waals surface area contributed by atoms with Crippen LogP contribution in [0.1, 0.15) is 23.5 Å². The second-order valence-electron chi connectivity index (χ2n) is 4.77. The maximum Gasteiger partial charge on any atom is 0.120 e. The number of aromatic amines is 1. The van der Waals surface area contributed by atoms with Crippen LogP contribution >= 0.6 is 11.6 Å². The predicted molar refractivity (Wildman–Crippen MR) is 82.3 cm³/mol. The van der Waals surface area contributed by atoms with E-state index in [-0.39, 0.29) is 5.92 Å². The first-order chi connectivity index (χ1) is 9.81. The molecule has 0 radical (unpaired) electrons. The standard InChI is InChI=1S/C17H14ClNO/c18-16-7-3-1-5-13(16)12(9-10-20)15-11-19-17-8-4-2-6-14(15)17/h1-8,10-12,19H,9H2/t12-/m0/s1. The molecule has 0 aliphatic heterocycles. The van der Waals surface area contributed by atoms with Crippen LogP contribution in [0, 0.1) is 0 Å². The van der Waals surface area contributed by atoms with Crippen molar-refractivity contribution in [3.8, 4) is 0 Å². The molecule has 1 heterocycles. The molecule has 0 amide bonds. The van der Waals surface area contributed by atoms with Gasteiger partial charge in [-0.3, -0.25) is 0 Å². The molecule has 1 atom stereocenters. The van der Waals surface area contributed by atoms with Crippen LogP contribution in [0.4, 0.5) is 0 Å². The normalized spacial score (nSPS) is 12.4. The monoisotopic (exact) mass is 283 g/mol. The lowest BCUT2D eigenvalue weighted by atomic mass is 9.89. The Morgan fingerprint density at radius 3 is 2.60 bits per heavy atom. The molecule has 1 aromatic heterocycles. The van der Waals surface area contributed by atoms with Crippen LogP contribution in [0.2, 0.25) is 5.02 Å². The van der Waals surface area contributed by atoms with Gasteiger partial charge in [0.25, 0.3) is 0 Å². The van der Waals surface area contributed by atoms with Crippen molar-refractivity contribution in [2.24, 2.45) is 0 Å². The van der Waals surface area contributed by atoms with Crippen LogP contribution in [0.25, 0.3) is 10.9 Å². The Hall–Kier alpha value is -2.06. The highest BCUT2D eigenvalue weighted by Gasteiger charge is 2.19. The number of fused-ring (bicyclic) bond motifs is 1. The quantitative estimate of drug-likeness (QED) is 0.701. The first-order valence-electron chi connectivity index (χ1n) is 6.55. The molecule has 2 aromatic carbocycles. The average molecular weight is 284 g/mol. The van der Waals surface area contributed by atoms with E-state index in [1.165, 1.54) is 0 Å². The van der Waals surface area contributed by atoms with Crippen LogP contribution in [-0.2, 0) is 4.79 Å². The van der Waals surface area contributed by atoms with Gasteiger partial charge in [0.2, 0.25) is 0 Å². The fourth-order valence-corrected chi connectivity index (χ4v) is 2.93. The third-order valence-electron chi connectivity index (χ3n) is 3.61. The van der Waals surface area contributed by atoms with Crippen molar-refractivity contribution in [3.05, 3.63) is 70.9 Å². The zero-order valence-electron chi connectivity index (χ0n) is 10.8. The molecule has 0 saturated heterocycles. The number of rotatable bonds is 4. The lowest BCUT2D eigenvalue weighted by Crippen LogP contribution is -2.02. The molecule has 0 aliphatic rings. The molecule has 1 N–H and O–H groups in total. The van der Waals surface area contributed by atoms with E-state index in [0.29, 0.717) is 11.4 Å². The van der Waals surface area contributed by atoms with E-state index in [4.69, 9.17) is 11.6 Å². The third kappa shape index (κ3) is 2.23. The Labute approximate surface area is 122 Å². The van der Waals surface area contributed by atoms with Gasteiger partial charge in [-0.05, 0) is 23.3 Å². The van der Waals surface area contributed by atoms with Gasteiger partial charge in [0.05, 0.1) is 0 Å². The first kappa shape index (κ1) is 12.9. The summed E-state index contributed by atoms with van der Waals surface area (Å²) in [6.07, 6.45) is 3.35. The van der Waals surface area contributed by atoms with Gasteiger partial charge in [-0.2, -0.15) is 0 Å². The van der Waals surface area contributed by atoms with Crippen LogP contribution in [0.5, 0.6) is 0 Å². The van der Waals surface area contributed by atoms with Crippen molar-refractivity contribution in [1.82, 2.24) is 4.98 Å². The highest BCUT2D eigenvalue weighted by Crippen LogP contribution is 2.35. The maximum absolute atomic E-state index is 11.1. The van der Waals surface area contributed by atoms with E-state index in [1.54, 1.807) is 0 Å². The summed E-state index contributed by atoms with van der Waals surface area (Å²) < 4.78 is 0. The minimum atomic E-state index is -0.0163. The van der Waals surface area contributed by atoms with E-state index in [2.05, 4.69) is 11.1 Å². The van der Waals surface area contributed by atoms with Crippen LogP contribution in [0.3, 0.4) is 0 Å². The number of hydrogen-bond donors (Lipinski definition) is 1. The van der Waals surface area contributed by atoms with Gasteiger partial charge in [-0.15, -0.1) is 0 Å². The second kappa shape index (κ2) is 5.51. The SMILES string of the molecule is O=CC[C@@H](c1ccccc1Cl)c1c[nH]c2ccccc12. The Morgan fingerprint density at radius 2 is 1.80 bits per heavy atom. The zero-order valence-corrected chi connectivity index (χ0v) is 11.6. The number of carbonyl (C=O) groups excluding carboxylic acids is 1. The molecule has 100 valence electrons. The highest BCUT2D eigenvalue weighted by molar-refractivity contribution is 6.31. The van der Waals surface area contributed by atoms with Gasteiger partial charge < -0.3 is 9.78 Å². The number of H-pyrrole nitrogens is 1. The highest BCUT2D eigenvalue weighted by atomic mass is 35.5. The Bertz CT molecular complexity index is 747. The molecular formula is C17H14ClNO. The van der Waals surface area contributed by atoms with E-state index < -0.39 is 0 Å². The lowest BCUT2D eigenvalue weighted by Gasteiger charge is -2.15. The van der Waals surface area contributed by atoms with Gasteiger partial charge >= 0.3 is 0 Å². The van der Waals surface area contributed by atoms with Gasteiger partial charge in [0.15, 0.2) is 0 Å². The van der Waals surface area contributed by atoms with Gasteiger partial charge in [-0.1, -0.05) is 48.0 Å². The number of hydrogen-bond acceptors (Lipinski definition) is 1. The molecule has 0 aliphatic carbocycles. The van der Waals surface area contributed by atoms with E-state index in [1.807, 2.05) is 48.7 Å². The zero-order chi connectivity index (χ0) is 13.9. The van der Waals surface area contributed by atoms with Crippen molar-refractivity contribution in [1.29, 1.82) is 0 Å². The lowest BCUT2D eigenvalue weighted by molar-refractivity contribution is -0.108. The molecule has 0 spiro atoms. The Kier molecular flexibility index (Phi) is 3.57. The molecule has 0 bridgehead atoms. The van der Waals surface area contributed by atoms with Crippen molar-refractivity contribution < 1.29 is 4.79 Å². The number of halogens is 1. The minimum absolute atomic E-state index is 0.0163. The van der Waals surface area contributed by atoms with E-state index in [9.17, 15) is 4.79 Å². The first-order valence-corrected chi connectivity index (χ1v) is 6.93.